The summed E-state index contributed by atoms with van der Waals surface area (Å²) in [6.07, 6.45) is 7.58. The van der Waals surface area contributed by atoms with Gasteiger partial charge in [-0.05, 0) is 37.3 Å². The van der Waals surface area contributed by atoms with Crippen LogP contribution >= 0.6 is 0 Å². The summed E-state index contributed by atoms with van der Waals surface area (Å²) in [6, 6.07) is 0.129. The Hall–Kier alpha value is -2.41. The van der Waals surface area contributed by atoms with Gasteiger partial charge in [0.2, 0.25) is 11.8 Å². The predicted octanol–water partition coefficient (Wildman–Crippen LogP) is 2.41. The lowest BCUT2D eigenvalue weighted by molar-refractivity contribution is -0.126. The van der Waals surface area contributed by atoms with Crippen LogP contribution in [0.3, 0.4) is 0 Å². The average Bonchev–Trinajstić information content (AvgIpc) is 3.26. The summed E-state index contributed by atoms with van der Waals surface area (Å²) < 4.78 is 11.7. The molecule has 2 atom stereocenters. The first kappa shape index (κ1) is 17.0. The maximum Gasteiger partial charge on any atom is 0.246 e. The quantitative estimate of drug-likeness (QED) is 0.851. The number of carbonyl (C=O) groups is 1. The first-order valence-electron chi connectivity index (χ1n) is 9.16. The van der Waals surface area contributed by atoms with Crippen LogP contribution in [0, 0.1) is 0 Å². The van der Waals surface area contributed by atoms with Crippen LogP contribution in [0.4, 0.5) is 0 Å². The van der Waals surface area contributed by atoms with Crippen molar-refractivity contribution in [3.8, 4) is 5.88 Å². The maximum absolute atomic E-state index is 12.0. The zero-order valence-electron chi connectivity index (χ0n) is 15.0. The molecule has 0 bridgehead atoms. The van der Waals surface area contributed by atoms with E-state index >= 15 is 0 Å². The maximum atomic E-state index is 12.0. The molecule has 7 nitrogen and oxygen atoms in total. The predicted molar refractivity (Wildman–Crippen MR) is 97.1 cm³/mol. The zero-order valence-corrected chi connectivity index (χ0v) is 15.0. The molecule has 0 aromatic carbocycles. The molecule has 0 unspecified atom stereocenters. The number of aromatic amines is 1. The van der Waals surface area contributed by atoms with Crippen LogP contribution in [-0.4, -0.2) is 57.7 Å². The fraction of sp³-hybridized carbons (Fsp3) is 0.526. The minimum atomic E-state index is -0.0792. The van der Waals surface area contributed by atoms with E-state index in [2.05, 4.69) is 21.5 Å². The largest absolute Gasteiger partial charge is 0.472 e. The summed E-state index contributed by atoms with van der Waals surface area (Å²) in [5.74, 6) is 0.969. The molecule has 0 saturated carbocycles. The van der Waals surface area contributed by atoms with Gasteiger partial charge in [-0.25, -0.2) is 9.97 Å². The Morgan fingerprint density at radius 2 is 2.23 bits per heavy atom. The van der Waals surface area contributed by atoms with E-state index in [1.807, 2.05) is 13.1 Å². The van der Waals surface area contributed by atoms with E-state index < -0.39 is 0 Å². The molecule has 0 aliphatic carbocycles. The number of amides is 1. The molecule has 0 radical (unpaired) electrons. The van der Waals surface area contributed by atoms with E-state index in [4.69, 9.17) is 9.47 Å². The van der Waals surface area contributed by atoms with Crippen molar-refractivity contribution in [1.29, 1.82) is 0 Å². The van der Waals surface area contributed by atoms with Crippen LogP contribution in [0.5, 0.6) is 5.88 Å². The van der Waals surface area contributed by atoms with Gasteiger partial charge in [0, 0.05) is 31.9 Å². The first-order valence-corrected chi connectivity index (χ1v) is 9.16. The van der Waals surface area contributed by atoms with Gasteiger partial charge >= 0.3 is 0 Å². The number of H-pyrrole nitrogens is 1. The highest BCUT2D eigenvalue weighted by Crippen LogP contribution is 2.36. The number of nitrogens with zero attached hydrogens (tertiary/aromatic N) is 3. The van der Waals surface area contributed by atoms with Crippen molar-refractivity contribution in [2.75, 3.05) is 19.8 Å². The monoisotopic (exact) mass is 356 g/mol. The fourth-order valence-electron chi connectivity index (χ4n) is 4.03. The van der Waals surface area contributed by atoms with Crippen molar-refractivity contribution >= 4 is 16.9 Å². The lowest BCUT2D eigenvalue weighted by atomic mass is 9.92. The van der Waals surface area contributed by atoms with Crippen molar-refractivity contribution in [3.05, 3.63) is 30.7 Å². The molecular weight excluding hydrogens is 332 g/mol. The van der Waals surface area contributed by atoms with Gasteiger partial charge in [-0.2, -0.15) is 0 Å². The number of ether oxygens (including phenoxy) is 2. The van der Waals surface area contributed by atoms with Crippen molar-refractivity contribution in [1.82, 2.24) is 19.9 Å². The third kappa shape index (κ3) is 3.07. The smallest absolute Gasteiger partial charge is 0.246 e. The van der Waals surface area contributed by atoms with Gasteiger partial charge in [-0.15, -0.1) is 0 Å². The van der Waals surface area contributed by atoms with E-state index in [-0.39, 0.29) is 18.1 Å². The molecule has 2 saturated heterocycles. The number of fused-ring (bicyclic) bond motifs is 1. The molecule has 2 aliphatic rings. The minimum absolute atomic E-state index is 0.0547. The number of nitrogens with one attached hydrogen (secondary N) is 1. The number of likely N-dealkylation sites (tertiary alicyclic amines) is 1. The van der Waals surface area contributed by atoms with Gasteiger partial charge in [0.1, 0.15) is 18.1 Å². The Morgan fingerprint density at radius 3 is 3.00 bits per heavy atom. The van der Waals surface area contributed by atoms with Gasteiger partial charge in [-0.3, -0.25) is 4.79 Å². The second-order valence-electron chi connectivity index (χ2n) is 7.05. The second kappa shape index (κ2) is 7.07. The topological polar surface area (TPSA) is 80.3 Å². The molecule has 2 aromatic rings. The molecule has 1 N–H and O–H groups in total. The van der Waals surface area contributed by atoms with Crippen LogP contribution in [0.15, 0.2) is 25.2 Å². The summed E-state index contributed by atoms with van der Waals surface area (Å²) >= 11 is 0. The molecule has 1 amide bonds. The molecule has 2 fully saturated rings. The Kier molecular flexibility index (Phi) is 4.63. The van der Waals surface area contributed by atoms with Crippen molar-refractivity contribution in [2.45, 2.75) is 44.2 Å². The van der Waals surface area contributed by atoms with Gasteiger partial charge in [-0.1, -0.05) is 6.58 Å². The van der Waals surface area contributed by atoms with Gasteiger partial charge in [0.15, 0.2) is 0 Å². The van der Waals surface area contributed by atoms with Crippen LogP contribution in [0.2, 0.25) is 0 Å². The minimum Gasteiger partial charge on any atom is -0.472 e. The highest BCUT2D eigenvalue weighted by atomic mass is 16.5. The van der Waals surface area contributed by atoms with E-state index in [9.17, 15) is 4.79 Å². The van der Waals surface area contributed by atoms with E-state index in [1.54, 1.807) is 4.90 Å². The summed E-state index contributed by atoms with van der Waals surface area (Å²) in [7, 11) is 0. The van der Waals surface area contributed by atoms with Crippen LogP contribution < -0.4 is 4.74 Å². The van der Waals surface area contributed by atoms with Gasteiger partial charge in [0.05, 0.1) is 11.9 Å². The molecule has 0 spiro atoms. The Balaban J connectivity index is 1.60. The summed E-state index contributed by atoms with van der Waals surface area (Å²) in [5, 5.41) is 0.959. The lowest BCUT2D eigenvalue weighted by Gasteiger charge is -2.22. The third-order valence-electron chi connectivity index (χ3n) is 5.40. The highest BCUT2D eigenvalue weighted by Gasteiger charge is 2.33. The van der Waals surface area contributed by atoms with E-state index in [1.165, 1.54) is 18.0 Å². The van der Waals surface area contributed by atoms with E-state index in [0.717, 1.165) is 43.5 Å². The number of hydrogen-bond acceptors (Lipinski definition) is 5. The van der Waals surface area contributed by atoms with Crippen LogP contribution in [0.1, 0.15) is 37.7 Å². The van der Waals surface area contributed by atoms with Crippen LogP contribution in [-0.2, 0) is 9.53 Å². The first-order chi connectivity index (χ1) is 12.7. The van der Waals surface area contributed by atoms with Gasteiger partial charge in [0.25, 0.3) is 0 Å². The normalized spacial score (nSPS) is 24.1. The number of carbonyl (C=O) groups excluding carboxylic acids is 1. The van der Waals surface area contributed by atoms with Crippen LogP contribution in [0.25, 0.3) is 11.0 Å². The Labute approximate surface area is 152 Å². The molecule has 7 heteroatoms. The molecule has 4 heterocycles. The van der Waals surface area contributed by atoms with Gasteiger partial charge < -0.3 is 19.4 Å². The SMILES string of the molecule is C=CC(=O)N1C[C@H](Oc2ncnc3[nH]cc(C4CCOCC4)c23)C[C@@H]1C. The third-order valence-corrected chi connectivity index (χ3v) is 5.40. The zero-order chi connectivity index (χ0) is 18.1. The standard InChI is InChI=1S/C19H24N4O3/c1-3-16(24)23-10-14(8-12(23)2)26-19-17-15(13-4-6-25-7-5-13)9-20-18(17)21-11-22-19/h3,9,11-14H,1,4-8,10H2,2H3,(H,20,21,22)/t12-,14+/m0/s1. The molecule has 2 aromatic heterocycles. The summed E-state index contributed by atoms with van der Waals surface area (Å²) in [6.45, 7) is 7.72. The number of rotatable bonds is 4. The summed E-state index contributed by atoms with van der Waals surface area (Å²) in [5.41, 5.74) is 1.99. The van der Waals surface area contributed by atoms with E-state index in [0.29, 0.717) is 18.3 Å². The van der Waals surface area contributed by atoms with Crippen molar-refractivity contribution in [2.24, 2.45) is 0 Å². The molecule has 26 heavy (non-hydrogen) atoms. The molecular formula is C19H24N4O3. The number of aromatic nitrogens is 3. The number of hydrogen-bond donors (Lipinski definition) is 1. The fourth-order valence-corrected chi connectivity index (χ4v) is 4.03. The molecule has 4 rings (SSSR count). The van der Waals surface area contributed by atoms with Crippen molar-refractivity contribution < 1.29 is 14.3 Å². The highest BCUT2D eigenvalue weighted by molar-refractivity contribution is 5.87. The Bertz CT molecular complexity index is 812. The lowest BCUT2D eigenvalue weighted by Crippen LogP contribution is -2.33. The molecule has 138 valence electrons. The Morgan fingerprint density at radius 1 is 1.42 bits per heavy atom. The molecule has 2 aliphatic heterocycles. The summed E-state index contributed by atoms with van der Waals surface area (Å²) in [4.78, 5) is 25.8. The second-order valence-corrected chi connectivity index (χ2v) is 7.05. The average molecular weight is 356 g/mol. The van der Waals surface area contributed by atoms with Crippen molar-refractivity contribution in [3.63, 3.8) is 0 Å².